The predicted octanol–water partition coefficient (Wildman–Crippen LogP) is 7.55. The van der Waals surface area contributed by atoms with Gasteiger partial charge in [-0.25, -0.2) is 0 Å². The number of ether oxygens (including phenoxy) is 2. The van der Waals surface area contributed by atoms with Gasteiger partial charge < -0.3 is 40.3 Å². The minimum Gasteiger partial charge on any atom is -0.394 e. The zero-order valence-corrected chi connectivity index (χ0v) is 32.9. The van der Waals surface area contributed by atoms with Crippen LogP contribution in [0.15, 0.2) is 109 Å². The van der Waals surface area contributed by atoms with Gasteiger partial charge in [-0.1, -0.05) is 136 Å². The van der Waals surface area contributed by atoms with E-state index in [1.165, 1.54) is 12.8 Å². The number of hydrogen-bond acceptors (Lipinski definition) is 8. The van der Waals surface area contributed by atoms with Crippen molar-refractivity contribution in [3.63, 3.8) is 0 Å². The van der Waals surface area contributed by atoms with E-state index in [1.54, 1.807) is 6.08 Å². The Kier molecular flexibility index (Phi) is 31.1. The van der Waals surface area contributed by atoms with E-state index in [-0.39, 0.29) is 18.9 Å². The van der Waals surface area contributed by atoms with Crippen LogP contribution in [-0.2, 0) is 14.3 Å². The second-order valence-electron chi connectivity index (χ2n) is 13.3. The number of nitrogens with one attached hydrogen (secondary N) is 1. The van der Waals surface area contributed by atoms with E-state index >= 15 is 0 Å². The Morgan fingerprint density at radius 2 is 1.13 bits per heavy atom. The smallest absolute Gasteiger partial charge is 0.220 e. The van der Waals surface area contributed by atoms with Crippen LogP contribution in [0.2, 0.25) is 0 Å². The number of hydrogen-bond donors (Lipinski definition) is 6. The Labute approximate surface area is 325 Å². The molecule has 0 aromatic rings. The van der Waals surface area contributed by atoms with Crippen LogP contribution in [0.1, 0.15) is 110 Å². The molecule has 0 aromatic heterocycles. The lowest BCUT2D eigenvalue weighted by atomic mass is 9.99. The van der Waals surface area contributed by atoms with Crippen molar-refractivity contribution in [1.29, 1.82) is 0 Å². The molecule has 1 heterocycles. The van der Waals surface area contributed by atoms with Crippen molar-refractivity contribution in [2.45, 2.75) is 153 Å². The number of carbonyl (C=O) groups is 1. The number of amides is 1. The molecule has 7 atom stereocenters. The summed E-state index contributed by atoms with van der Waals surface area (Å²) >= 11 is 0. The summed E-state index contributed by atoms with van der Waals surface area (Å²) in [5.74, 6) is -0.281. The zero-order chi connectivity index (χ0) is 39.5. The van der Waals surface area contributed by atoms with Gasteiger partial charge >= 0.3 is 0 Å². The lowest BCUT2D eigenvalue weighted by Crippen LogP contribution is -2.60. The highest BCUT2D eigenvalue weighted by Crippen LogP contribution is 2.22. The predicted molar refractivity (Wildman–Crippen MR) is 221 cm³/mol. The van der Waals surface area contributed by atoms with E-state index in [9.17, 15) is 30.3 Å². The molecule has 0 spiro atoms. The van der Waals surface area contributed by atoms with Crippen LogP contribution in [0.4, 0.5) is 0 Å². The molecular weight excluding hydrogens is 682 g/mol. The first kappa shape index (κ1) is 48.9. The van der Waals surface area contributed by atoms with Crippen LogP contribution in [-0.4, -0.2) is 87.5 Å². The zero-order valence-electron chi connectivity index (χ0n) is 32.9. The van der Waals surface area contributed by atoms with E-state index in [0.717, 1.165) is 64.2 Å². The van der Waals surface area contributed by atoms with E-state index in [2.05, 4.69) is 104 Å². The highest BCUT2D eigenvalue weighted by atomic mass is 16.7. The number of aliphatic hydroxyl groups excluding tert-OH is 5. The molecule has 1 amide bonds. The van der Waals surface area contributed by atoms with Gasteiger partial charge in [-0.15, -0.1) is 0 Å². The molecule has 1 saturated heterocycles. The molecule has 304 valence electrons. The fourth-order valence-electron chi connectivity index (χ4n) is 5.31. The van der Waals surface area contributed by atoms with E-state index in [4.69, 9.17) is 9.47 Å². The molecule has 1 aliphatic rings. The van der Waals surface area contributed by atoms with Gasteiger partial charge in [0.2, 0.25) is 5.91 Å². The summed E-state index contributed by atoms with van der Waals surface area (Å²) in [5, 5.41) is 53.8. The SMILES string of the molecule is CC/C=C\C/C=C\C/C=C\C/C=C\C/C=C\C/C=C\CCC(=O)NC(COC1OC(CO)C(O)C(O)C1O)C(O)/C=C/CC/C=C/CC/C=C/CCCC. The number of aliphatic hydroxyl groups is 5. The first-order valence-electron chi connectivity index (χ1n) is 20.1. The van der Waals surface area contributed by atoms with Gasteiger partial charge in [0.25, 0.3) is 0 Å². The van der Waals surface area contributed by atoms with Crippen molar-refractivity contribution in [2.24, 2.45) is 0 Å². The van der Waals surface area contributed by atoms with Crippen molar-refractivity contribution in [1.82, 2.24) is 5.32 Å². The third-order valence-electron chi connectivity index (χ3n) is 8.57. The number of rotatable bonds is 30. The van der Waals surface area contributed by atoms with Crippen LogP contribution in [0.3, 0.4) is 0 Å². The summed E-state index contributed by atoms with van der Waals surface area (Å²) < 4.78 is 11.1. The molecule has 0 aromatic carbocycles. The molecular formula is C45H71NO8. The van der Waals surface area contributed by atoms with Crippen molar-refractivity contribution < 1.29 is 39.8 Å². The number of carbonyl (C=O) groups excluding carboxylic acids is 1. The third-order valence-corrected chi connectivity index (χ3v) is 8.57. The molecule has 1 aliphatic heterocycles. The molecule has 7 unspecified atom stereocenters. The van der Waals surface area contributed by atoms with Gasteiger partial charge in [0, 0.05) is 6.42 Å². The molecule has 1 fully saturated rings. The highest BCUT2D eigenvalue weighted by molar-refractivity contribution is 5.76. The minimum atomic E-state index is -1.59. The average molecular weight is 754 g/mol. The standard InChI is InChI=1S/C45H71NO8/c1-3-5-7-9-11-13-15-17-18-19-20-21-22-23-25-27-29-31-33-35-41(49)46-38(37-53-45-44(52)43(51)42(50)40(36-47)54-45)39(48)34-32-30-28-26-24-16-14-12-10-8-6-4-2/h5,7,10-13,17-18,20-21,23-26,29,31-32,34,38-40,42-45,47-48,50-52H,3-4,6,8-9,14-16,19,22,27-28,30,33,35-37H2,1-2H3,(H,46,49)/b7-5-,12-10+,13-11-,18-17-,21-20-,25-23-,26-24+,31-29-,34-32+. The minimum absolute atomic E-state index is 0.202. The van der Waals surface area contributed by atoms with Crippen molar-refractivity contribution in [3.8, 4) is 0 Å². The molecule has 9 nitrogen and oxygen atoms in total. The van der Waals surface area contributed by atoms with Crippen LogP contribution in [0.5, 0.6) is 0 Å². The Morgan fingerprint density at radius 1 is 0.648 bits per heavy atom. The van der Waals surface area contributed by atoms with E-state index < -0.39 is 49.5 Å². The first-order chi connectivity index (χ1) is 26.3. The van der Waals surface area contributed by atoms with Crippen LogP contribution < -0.4 is 5.32 Å². The number of unbranched alkanes of at least 4 members (excludes halogenated alkanes) is 4. The summed E-state index contributed by atoms with van der Waals surface area (Å²) in [7, 11) is 0. The topological polar surface area (TPSA) is 149 Å². The summed E-state index contributed by atoms with van der Waals surface area (Å²) in [5.41, 5.74) is 0. The first-order valence-corrected chi connectivity index (χ1v) is 20.1. The fourth-order valence-corrected chi connectivity index (χ4v) is 5.31. The van der Waals surface area contributed by atoms with Gasteiger partial charge in [0.15, 0.2) is 6.29 Å². The molecule has 1 rings (SSSR count). The lowest BCUT2D eigenvalue weighted by molar-refractivity contribution is -0.302. The van der Waals surface area contributed by atoms with Gasteiger partial charge in [0.1, 0.15) is 24.4 Å². The molecule has 0 saturated carbocycles. The van der Waals surface area contributed by atoms with Gasteiger partial charge in [-0.05, 0) is 77.0 Å². The molecule has 0 aliphatic carbocycles. The molecule has 0 radical (unpaired) electrons. The summed E-state index contributed by atoms with van der Waals surface area (Å²) in [6.45, 7) is 3.49. The quantitative estimate of drug-likeness (QED) is 0.0326. The molecule has 9 heteroatoms. The summed E-state index contributed by atoms with van der Waals surface area (Å²) in [6.07, 6.45) is 42.8. The van der Waals surface area contributed by atoms with Crippen molar-refractivity contribution in [3.05, 3.63) is 109 Å². The maximum absolute atomic E-state index is 12.9. The van der Waals surface area contributed by atoms with E-state index in [1.807, 2.05) is 18.2 Å². The summed E-state index contributed by atoms with van der Waals surface area (Å²) in [6, 6.07) is -0.874. The second kappa shape index (κ2) is 34.3. The largest absolute Gasteiger partial charge is 0.394 e. The normalized spacial score (nSPS) is 22.7. The van der Waals surface area contributed by atoms with Crippen molar-refractivity contribution in [2.75, 3.05) is 13.2 Å². The second-order valence-corrected chi connectivity index (χ2v) is 13.3. The Bertz CT molecular complexity index is 1200. The van der Waals surface area contributed by atoms with Gasteiger partial charge in [-0.3, -0.25) is 4.79 Å². The highest BCUT2D eigenvalue weighted by Gasteiger charge is 2.44. The number of allylic oxidation sites excluding steroid dienone is 17. The van der Waals surface area contributed by atoms with Crippen LogP contribution >= 0.6 is 0 Å². The van der Waals surface area contributed by atoms with Crippen LogP contribution in [0, 0.1) is 0 Å². The lowest BCUT2D eigenvalue weighted by Gasteiger charge is -2.40. The van der Waals surface area contributed by atoms with E-state index in [0.29, 0.717) is 12.8 Å². The monoisotopic (exact) mass is 754 g/mol. The Balaban J connectivity index is 2.52. The molecule has 54 heavy (non-hydrogen) atoms. The maximum atomic E-state index is 12.9. The fraction of sp³-hybridized carbons (Fsp3) is 0.578. The maximum Gasteiger partial charge on any atom is 0.220 e. The Morgan fingerprint density at radius 3 is 1.65 bits per heavy atom. The average Bonchev–Trinajstić information content (AvgIpc) is 3.17. The molecule has 6 N–H and O–H groups in total. The van der Waals surface area contributed by atoms with Gasteiger partial charge in [0.05, 0.1) is 25.4 Å². The third kappa shape index (κ3) is 25.0. The van der Waals surface area contributed by atoms with Crippen molar-refractivity contribution >= 4 is 5.91 Å². The Hall–Kier alpha value is -3.15. The van der Waals surface area contributed by atoms with Crippen LogP contribution in [0.25, 0.3) is 0 Å². The van der Waals surface area contributed by atoms with Gasteiger partial charge in [-0.2, -0.15) is 0 Å². The summed E-state index contributed by atoms with van der Waals surface area (Å²) in [4.78, 5) is 12.9. The molecule has 0 bridgehead atoms.